The van der Waals surface area contributed by atoms with Crippen LogP contribution in [-0.4, -0.2) is 29.6 Å². The molecule has 90 valence electrons. The highest BCUT2D eigenvalue weighted by molar-refractivity contribution is 9.10. The molecule has 0 saturated heterocycles. The van der Waals surface area contributed by atoms with Gasteiger partial charge in [-0.1, -0.05) is 0 Å². The van der Waals surface area contributed by atoms with Crippen LogP contribution in [0.1, 0.15) is 19.3 Å². The molecule has 17 heavy (non-hydrogen) atoms. The summed E-state index contributed by atoms with van der Waals surface area (Å²) in [5, 5.41) is 11.6. The Balaban J connectivity index is 2.24. The van der Waals surface area contributed by atoms with Gasteiger partial charge in [-0.15, -0.1) is 0 Å². The lowest BCUT2D eigenvalue weighted by atomic mass is 10.3. The number of nitrogens with one attached hydrogen (secondary N) is 1. The lowest BCUT2D eigenvalue weighted by Gasteiger charge is -2.23. The van der Waals surface area contributed by atoms with Crippen molar-refractivity contribution in [3.63, 3.8) is 0 Å². The number of hydrogen-bond donors (Lipinski definition) is 1. The molecule has 1 N–H and O–H groups in total. The summed E-state index contributed by atoms with van der Waals surface area (Å²) in [5.74, 6) is 1.48. The van der Waals surface area contributed by atoms with Crippen LogP contribution in [0.2, 0.25) is 0 Å². The summed E-state index contributed by atoms with van der Waals surface area (Å²) < 4.78 is 0.876. The fraction of sp³-hybridized carbons (Fsp3) is 0.545. The molecule has 1 aliphatic rings. The number of hydrogen-bond acceptors (Lipinski definition) is 5. The topological polar surface area (TPSA) is 64.8 Å². The fourth-order valence-corrected chi connectivity index (χ4v) is 2.12. The van der Waals surface area contributed by atoms with E-state index in [2.05, 4.69) is 42.2 Å². The number of halogens is 1. The van der Waals surface area contributed by atoms with E-state index in [1.807, 2.05) is 0 Å². The van der Waals surface area contributed by atoms with Crippen molar-refractivity contribution >= 4 is 27.7 Å². The first kappa shape index (κ1) is 12.1. The highest BCUT2D eigenvalue weighted by Crippen LogP contribution is 2.34. The molecule has 0 aromatic carbocycles. The van der Waals surface area contributed by atoms with Gasteiger partial charge in [0.2, 0.25) is 5.95 Å². The van der Waals surface area contributed by atoms with E-state index in [-0.39, 0.29) is 0 Å². The summed E-state index contributed by atoms with van der Waals surface area (Å²) in [5.41, 5.74) is 0. The van der Waals surface area contributed by atoms with Gasteiger partial charge in [0.05, 0.1) is 17.0 Å². The van der Waals surface area contributed by atoms with Crippen LogP contribution in [0.25, 0.3) is 0 Å². The second-order valence-electron chi connectivity index (χ2n) is 3.95. The van der Waals surface area contributed by atoms with Crippen molar-refractivity contribution in [1.29, 1.82) is 5.26 Å². The Kier molecular flexibility index (Phi) is 3.79. The van der Waals surface area contributed by atoms with Crippen LogP contribution in [0, 0.1) is 11.3 Å². The number of nitriles is 1. The van der Waals surface area contributed by atoms with Crippen LogP contribution in [-0.2, 0) is 0 Å². The molecule has 5 nitrogen and oxygen atoms in total. The van der Waals surface area contributed by atoms with E-state index < -0.39 is 0 Å². The van der Waals surface area contributed by atoms with E-state index in [9.17, 15) is 0 Å². The maximum atomic E-state index is 8.70. The minimum atomic E-state index is 0.516. The smallest absolute Gasteiger partial charge is 0.224 e. The normalized spacial score (nSPS) is 14.2. The van der Waals surface area contributed by atoms with Gasteiger partial charge in [-0.05, 0) is 28.8 Å². The summed E-state index contributed by atoms with van der Waals surface area (Å²) in [6, 6.07) is 2.71. The summed E-state index contributed by atoms with van der Waals surface area (Å²) in [6.45, 7) is 0.722. The molecule has 6 heteroatoms. The molecule has 2 rings (SSSR count). The predicted octanol–water partition coefficient (Wildman–Crippen LogP) is 2.16. The average molecular weight is 296 g/mol. The second kappa shape index (κ2) is 5.32. The third-order valence-corrected chi connectivity index (χ3v) is 3.23. The number of anilines is 2. The van der Waals surface area contributed by atoms with Crippen molar-refractivity contribution in [2.75, 3.05) is 23.8 Å². The molecule has 0 bridgehead atoms. The molecular formula is C11H14BrN5. The third-order valence-electron chi connectivity index (χ3n) is 2.67. The Labute approximate surface area is 109 Å². The van der Waals surface area contributed by atoms with Crippen LogP contribution < -0.4 is 10.2 Å². The van der Waals surface area contributed by atoms with Gasteiger partial charge < -0.3 is 10.2 Å². The Morgan fingerprint density at radius 2 is 2.41 bits per heavy atom. The quantitative estimate of drug-likeness (QED) is 0.902. The van der Waals surface area contributed by atoms with Crippen LogP contribution in [0.5, 0.6) is 0 Å². The molecule has 1 saturated carbocycles. The van der Waals surface area contributed by atoms with Crippen molar-refractivity contribution in [2.24, 2.45) is 0 Å². The molecule has 1 heterocycles. The Morgan fingerprint density at radius 1 is 1.65 bits per heavy atom. The SMILES string of the molecule is CNc1ncc(Br)c(N(CCC#N)C2CC2)n1. The van der Waals surface area contributed by atoms with E-state index in [1.54, 1.807) is 13.2 Å². The molecule has 0 radical (unpaired) electrons. The Hall–Kier alpha value is -1.35. The zero-order valence-electron chi connectivity index (χ0n) is 9.65. The molecule has 1 aliphatic carbocycles. The molecular weight excluding hydrogens is 282 g/mol. The lowest BCUT2D eigenvalue weighted by Crippen LogP contribution is -2.28. The number of aromatic nitrogens is 2. The van der Waals surface area contributed by atoms with Crippen molar-refractivity contribution in [3.05, 3.63) is 10.7 Å². The monoisotopic (exact) mass is 295 g/mol. The lowest BCUT2D eigenvalue weighted by molar-refractivity contribution is 0.773. The van der Waals surface area contributed by atoms with E-state index in [4.69, 9.17) is 5.26 Å². The summed E-state index contributed by atoms with van der Waals surface area (Å²) in [4.78, 5) is 10.8. The van der Waals surface area contributed by atoms with Crippen LogP contribution >= 0.6 is 15.9 Å². The van der Waals surface area contributed by atoms with Crippen molar-refractivity contribution in [1.82, 2.24) is 9.97 Å². The summed E-state index contributed by atoms with van der Waals surface area (Å²) in [7, 11) is 1.80. The van der Waals surface area contributed by atoms with Gasteiger partial charge in [-0.25, -0.2) is 4.98 Å². The standard InChI is InChI=1S/C11H14BrN5/c1-14-11-15-7-9(12)10(16-11)17(6-2-5-13)8-3-4-8/h7-8H,2-4,6H2,1H3,(H,14,15,16). The van der Waals surface area contributed by atoms with Gasteiger partial charge in [-0.3, -0.25) is 0 Å². The number of rotatable bonds is 5. The van der Waals surface area contributed by atoms with Gasteiger partial charge in [0.25, 0.3) is 0 Å². The largest absolute Gasteiger partial charge is 0.357 e. The first-order chi connectivity index (χ1) is 8.26. The minimum absolute atomic E-state index is 0.516. The molecule has 0 atom stereocenters. The molecule has 0 amide bonds. The summed E-state index contributed by atoms with van der Waals surface area (Å²) >= 11 is 3.47. The van der Waals surface area contributed by atoms with E-state index in [0.29, 0.717) is 18.4 Å². The van der Waals surface area contributed by atoms with Crippen LogP contribution in [0.3, 0.4) is 0 Å². The van der Waals surface area contributed by atoms with Crippen LogP contribution in [0.4, 0.5) is 11.8 Å². The van der Waals surface area contributed by atoms with Gasteiger partial charge in [-0.2, -0.15) is 10.2 Å². The highest BCUT2D eigenvalue weighted by Gasteiger charge is 2.31. The zero-order valence-corrected chi connectivity index (χ0v) is 11.2. The molecule has 1 aromatic heterocycles. The van der Waals surface area contributed by atoms with Crippen molar-refractivity contribution in [3.8, 4) is 6.07 Å². The first-order valence-electron chi connectivity index (χ1n) is 5.60. The molecule has 0 aliphatic heterocycles. The molecule has 1 aromatic rings. The van der Waals surface area contributed by atoms with Gasteiger partial charge >= 0.3 is 0 Å². The Morgan fingerprint density at radius 3 is 3.00 bits per heavy atom. The van der Waals surface area contributed by atoms with Crippen molar-refractivity contribution in [2.45, 2.75) is 25.3 Å². The minimum Gasteiger partial charge on any atom is -0.357 e. The van der Waals surface area contributed by atoms with Gasteiger partial charge in [0, 0.05) is 25.8 Å². The average Bonchev–Trinajstić information content (AvgIpc) is 3.16. The van der Waals surface area contributed by atoms with Gasteiger partial charge in [0.1, 0.15) is 5.82 Å². The van der Waals surface area contributed by atoms with Crippen molar-refractivity contribution < 1.29 is 0 Å². The van der Waals surface area contributed by atoms with Crippen LogP contribution in [0.15, 0.2) is 10.7 Å². The molecule has 0 spiro atoms. The summed E-state index contributed by atoms with van der Waals surface area (Å²) in [6.07, 6.45) is 4.62. The zero-order chi connectivity index (χ0) is 12.3. The van der Waals surface area contributed by atoms with E-state index >= 15 is 0 Å². The maximum absolute atomic E-state index is 8.70. The third kappa shape index (κ3) is 2.86. The van der Waals surface area contributed by atoms with Gasteiger partial charge in [0.15, 0.2) is 0 Å². The van der Waals surface area contributed by atoms with E-state index in [0.717, 1.165) is 16.8 Å². The highest BCUT2D eigenvalue weighted by atomic mass is 79.9. The second-order valence-corrected chi connectivity index (χ2v) is 4.80. The predicted molar refractivity (Wildman–Crippen MR) is 69.9 cm³/mol. The maximum Gasteiger partial charge on any atom is 0.224 e. The molecule has 1 fully saturated rings. The van der Waals surface area contributed by atoms with E-state index in [1.165, 1.54) is 12.8 Å². The molecule has 0 unspecified atom stereocenters. The number of nitrogens with zero attached hydrogens (tertiary/aromatic N) is 4. The first-order valence-corrected chi connectivity index (χ1v) is 6.39. The Bertz CT molecular complexity index is 438. The fourth-order valence-electron chi connectivity index (χ4n) is 1.70.